The molecule has 0 amide bonds. The zero-order valence-corrected chi connectivity index (χ0v) is 41.9. The largest absolute Gasteiger partial charge is 0.493 e. The first kappa shape index (κ1) is 41.9. The molecule has 76 heavy (non-hydrogen) atoms. The first-order chi connectivity index (χ1) is 37.6. The zero-order chi connectivity index (χ0) is 49.6. The molecule has 0 radical (unpaired) electrons. The number of fused-ring (bicyclic) bond motifs is 15. The second kappa shape index (κ2) is 16.0. The summed E-state index contributed by atoms with van der Waals surface area (Å²) >= 11 is 3.61. The molecule has 1 aliphatic heterocycles. The molecule has 16 aromatic rings. The van der Waals surface area contributed by atoms with E-state index in [0.717, 1.165) is 100 Å². The third-order valence-electron chi connectivity index (χ3n) is 15.2. The van der Waals surface area contributed by atoms with Gasteiger partial charge in [0.2, 0.25) is 11.9 Å². The van der Waals surface area contributed by atoms with Crippen molar-refractivity contribution < 1.29 is 9.15 Å². The number of para-hydroxylation sites is 2. The van der Waals surface area contributed by atoms with Gasteiger partial charge in [-0.3, -0.25) is 9.13 Å². The molecule has 8 heterocycles. The second-order valence-corrected chi connectivity index (χ2v) is 21.7. The van der Waals surface area contributed by atoms with E-state index in [2.05, 4.69) is 191 Å². The lowest BCUT2D eigenvalue weighted by atomic mass is 10.0. The van der Waals surface area contributed by atoms with Gasteiger partial charge in [0.1, 0.15) is 11.3 Å². The summed E-state index contributed by atoms with van der Waals surface area (Å²) in [6, 6.07) is 68.7. The molecule has 9 nitrogen and oxygen atoms in total. The van der Waals surface area contributed by atoms with Crippen LogP contribution in [0.3, 0.4) is 0 Å². The molecular weight excluding hydrogens is 975 g/mol. The molecule has 0 bridgehead atoms. The quantitative estimate of drug-likeness (QED) is 0.164. The minimum absolute atomic E-state index is 0.525. The molecule has 1 aliphatic rings. The van der Waals surface area contributed by atoms with Gasteiger partial charge in [-0.2, -0.15) is 9.97 Å². The van der Waals surface area contributed by atoms with Crippen molar-refractivity contribution in [1.29, 1.82) is 0 Å². The van der Waals surface area contributed by atoms with Crippen LogP contribution in [0.4, 0.5) is 0 Å². The van der Waals surface area contributed by atoms with E-state index in [1.807, 2.05) is 12.1 Å². The van der Waals surface area contributed by atoms with Crippen molar-refractivity contribution in [1.82, 2.24) is 34.1 Å². The molecular formula is C65H37N7O2S2. The smallest absolute Gasteiger partial charge is 0.238 e. The Labute approximate surface area is 440 Å². The maximum atomic E-state index is 5.94. The van der Waals surface area contributed by atoms with Crippen LogP contribution in [0.2, 0.25) is 0 Å². The van der Waals surface area contributed by atoms with E-state index in [1.54, 1.807) is 28.9 Å². The van der Waals surface area contributed by atoms with Crippen LogP contribution < -0.4 is 4.74 Å². The predicted molar refractivity (Wildman–Crippen MR) is 311 cm³/mol. The molecule has 0 saturated heterocycles. The van der Waals surface area contributed by atoms with Crippen molar-refractivity contribution in [3.63, 3.8) is 0 Å². The molecule has 0 fully saturated rings. The van der Waals surface area contributed by atoms with Gasteiger partial charge in [-0.15, -0.1) is 22.7 Å². The van der Waals surface area contributed by atoms with Crippen LogP contribution >= 0.6 is 22.7 Å². The third-order valence-corrected chi connectivity index (χ3v) is 17.5. The van der Waals surface area contributed by atoms with Crippen LogP contribution in [-0.4, -0.2) is 40.7 Å². The second-order valence-electron chi connectivity index (χ2n) is 19.5. The molecule has 0 N–H and O–H groups in total. The van der Waals surface area contributed by atoms with Crippen LogP contribution in [0.5, 0.6) is 5.75 Å². The van der Waals surface area contributed by atoms with E-state index in [9.17, 15) is 0 Å². The summed E-state index contributed by atoms with van der Waals surface area (Å²) in [5.74, 6) is 3.20. The summed E-state index contributed by atoms with van der Waals surface area (Å²) in [4.78, 5) is 27.4. The van der Waals surface area contributed by atoms with Gasteiger partial charge < -0.3 is 9.15 Å². The highest BCUT2D eigenvalue weighted by atomic mass is 32.1. The Balaban J connectivity index is 0.943. The molecule has 0 saturated carbocycles. The number of hydrogen-bond donors (Lipinski definition) is 0. The standard InChI is InChI=1S/C65H37N7O2S2/c1-5-13-51-42(9-1)45-21-22-53-60(46-12-2-6-14-52(46)71(53)64-66-49(36-17-23-54-38(31-36)27-29-73-54)35-50(67-64)37-18-24-55-39(32-37)28-30-74-55)61(45)72(51)65-69-62(40-19-25-58-47(33-40)43-10-3-7-15-56(43)75-58)68-63(70-65)41-20-26-59-48(34-41)44-11-4-8-16-57(44)76-59/h1-27,29,31-35H,28,30H2. The highest BCUT2D eigenvalue weighted by Gasteiger charge is 2.26. The Bertz CT molecular complexity index is 5010. The van der Waals surface area contributed by atoms with Crippen LogP contribution in [0, 0.1) is 0 Å². The number of hydrogen-bond acceptors (Lipinski definition) is 9. The number of benzene rings is 9. The molecule has 11 heteroatoms. The minimum Gasteiger partial charge on any atom is -0.493 e. The van der Waals surface area contributed by atoms with E-state index in [4.69, 9.17) is 34.1 Å². The van der Waals surface area contributed by atoms with Gasteiger partial charge in [-0.1, -0.05) is 78.9 Å². The number of rotatable bonds is 6. The zero-order valence-electron chi connectivity index (χ0n) is 40.2. The Morgan fingerprint density at radius 2 is 1.00 bits per heavy atom. The van der Waals surface area contributed by atoms with Crippen molar-refractivity contribution in [2.24, 2.45) is 0 Å². The molecule has 356 valence electrons. The summed E-state index contributed by atoms with van der Waals surface area (Å²) < 4.78 is 21.1. The molecule has 17 rings (SSSR count). The first-order valence-electron chi connectivity index (χ1n) is 25.3. The maximum Gasteiger partial charge on any atom is 0.238 e. The fourth-order valence-corrected chi connectivity index (χ4v) is 13.9. The molecule has 0 unspecified atom stereocenters. The monoisotopic (exact) mass is 1010 g/mol. The van der Waals surface area contributed by atoms with E-state index >= 15 is 0 Å². The normalized spacial score (nSPS) is 12.7. The third kappa shape index (κ3) is 6.27. The van der Waals surface area contributed by atoms with Gasteiger partial charge >= 0.3 is 0 Å². The van der Waals surface area contributed by atoms with Crippen molar-refractivity contribution in [2.45, 2.75) is 6.42 Å². The fraction of sp³-hybridized carbons (Fsp3) is 0.0308. The Morgan fingerprint density at radius 3 is 1.72 bits per heavy atom. The van der Waals surface area contributed by atoms with Crippen LogP contribution in [0.15, 0.2) is 205 Å². The lowest BCUT2D eigenvalue weighted by Gasteiger charge is -2.13. The molecule has 0 atom stereocenters. The summed E-state index contributed by atoms with van der Waals surface area (Å²) in [5, 5.41) is 10.1. The van der Waals surface area contributed by atoms with Gasteiger partial charge in [0.25, 0.3) is 0 Å². The predicted octanol–water partition coefficient (Wildman–Crippen LogP) is 16.9. The van der Waals surface area contributed by atoms with Gasteiger partial charge in [0.15, 0.2) is 11.6 Å². The number of nitrogens with zero attached hydrogens (tertiary/aromatic N) is 7. The van der Waals surface area contributed by atoms with Gasteiger partial charge in [-0.25, -0.2) is 15.0 Å². The molecule has 7 aromatic heterocycles. The van der Waals surface area contributed by atoms with Gasteiger partial charge in [0, 0.05) is 96.0 Å². The summed E-state index contributed by atoms with van der Waals surface area (Å²) in [5.41, 5.74) is 11.3. The van der Waals surface area contributed by atoms with Crippen molar-refractivity contribution >= 4 is 118 Å². The van der Waals surface area contributed by atoms with E-state index in [-0.39, 0.29) is 0 Å². The average molecular weight is 1010 g/mol. The van der Waals surface area contributed by atoms with Crippen LogP contribution in [-0.2, 0) is 6.42 Å². The Morgan fingerprint density at radius 1 is 0.408 bits per heavy atom. The van der Waals surface area contributed by atoms with Gasteiger partial charge in [-0.05, 0) is 121 Å². The SMILES string of the molecule is c1ccc2c(c1)sc1ccc(-c3nc(-c4ccc5sc6ccccc6c5c4)nc(-n4c5ccccc5c5ccc6c(c7ccccc7n6-c6nc(-c7ccc8c(c7)CCO8)cc(-c7ccc8occc8c7)n6)c54)n3)cc12. The maximum absolute atomic E-state index is 5.94. The van der Waals surface area contributed by atoms with Crippen LogP contribution in [0.25, 0.3) is 152 Å². The van der Waals surface area contributed by atoms with Gasteiger partial charge in [0.05, 0.1) is 46.3 Å². The Hall–Kier alpha value is -9.55. The number of thiophene rings is 2. The molecule has 9 aromatic carbocycles. The minimum atomic E-state index is 0.525. The van der Waals surface area contributed by atoms with Crippen molar-refractivity contribution in [3.8, 4) is 62.9 Å². The first-order valence-corrected chi connectivity index (χ1v) is 26.9. The average Bonchev–Trinajstić information content (AvgIpc) is 4.47. The number of furan rings is 1. The molecule has 0 aliphatic carbocycles. The highest BCUT2D eigenvalue weighted by Crippen LogP contribution is 2.44. The summed E-state index contributed by atoms with van der Waals surface area (Å²) in [6.45, 7) is 0.675. The lowest BCUT2D eigenvalue weighted by Crippen LogP contribution is -2.06. The number of ether oxygens (including phenoxy) is 1. The van der Waals surface area contributed by atoms with Crippen molar-refractivity contribution in [3.05, 3.63) is 206 Å². The topological polar surface area (TPSA) is 96.7 Å². The van der Waals surface area contributed by atoms with Crippen LogP contribution in [0.1, 0.15) is 5.56 Å². The van der Waals surface area contributed by atoms with E-state index in [1.165, 1.54) is 45.9 Å². The molecule has 0 spiro atoms. The Kier molecular flexibility index (Phi) is 8.80. The van der Waals surface area contributed by atoms with Crippen molar-refractivity contribution in [2.75, 3.05) is 6.61 Å². The van der Waals surface area contributed by atoms with E-state index < -0.39 is 0 Å². The summed E-state index contributed by atoms with van der Waals surface area (Å²) in [6.07, 6.45) is 2.58. The highest BCUT2D eigenvalue weighted by molar-refractivity contribution is 7.26. The summed E-state index contributed by atoms with van der Waals surface area (Å²) in [7, 11) is 0. The fourth-order valence-electron chi connectivity index (χ4n) is 11.7. The number of aromatic nitrogens is 7. The van der Waals surface area contributed by atoms with E-state index in [0.29, 0.717) is 30.2 Å². The lowest BCUT2D eigenvalue weighted by molar-refractivity contribution is 0.357.